The molecule has 0 saturated heterocycles. The fourth-order valence-corrected chi connectivity index (χ4v) is 4.24. The van der Waals surface area contributed by atoms with Gasteiger partial charge in [-0.1, -0.05) is 6.08 Å². The number of hydrogen-bond donors (Lipinski definition) is 1. The number of nitrogens with one attached hydrogen (secondary N) is 1. The molecule has 1 aliphatic heterocycles. The van der Waals surface area contributed by atoms with Gasteiger partial charge in [-0.2, -0.15) is 14.6 Å². The summed E-state index contributed by atoms with van der Waals surface area (Å²) in [6.45, 7) is 8.21. The van der Waals surface area contributed by atoms with Crippen LogP contribution in [0.5, 0.6) is 0 Å². The Morgan fingerprint density at radius 2 is 1.97 bits per heavy atom. The van der Waals surface area contributed by atoms with Crippen molar-refractivity contribution in [2.75, 3.05) is 18.5 Å². The quantitative estimate of drug-likeness (QED) is 0.434. The van der Waals surface area contributed by atoms with Crippen molar-refractivity contribution < 1.29 is 18.3 Å². The van der Waals surface area contributed by atoms with Crippen LogP contribution >= 0.6 is 0 Å². The smallest absolute Gasteiger partial charge is 0.262 e. The van der Waals surface area contributed by atoms with Gasteiger partial charge in [0, 0.05) is 23.5 Å². The number of hydrogen-bond acceptors (Lipinski definition) is 5. The minimum absolute atomic E-state index is 0.0807. The minimum Gasteiger partial charge on any atom is -0.377 e. The molecule has 8 nitrogen and oxygen atoms in total. The Hall–Kier alpha value is -3.92. The van der Waals surface area contributed by atoms with E-state index in [9.17, 15) is 13.6 Å². The second-order valence-corrected chi connectivity index (χ2v) is 9.73. The fourth-order valence-electron chi connectivity index (χ4n) is 4.24. The molecule has 0 bridgehead atoms. The Labute approximate surface area is 206 Å². The summed E-state index contributed by atoms with van der Waals surface area (Å²) in [5.41, 5.74) is 3.58. The first-order chi connectivity index (χ1) is 17.1. The SMILES string of the molecule is Cc1cc(F)c(NC(=O)c2cnn(C(C)(C)C)c2F)cc1-c1cc(C2=CCOCC2)c2nccn2n1. The number of aromatic nitrogens is 5. The van der Waals surface area contributed by atoms with Crippen LogP contribution in [0.2, 0.25) is 0 Å². The summed E-state index contributed by atoms with van der Waals surface area (Å²) in [6, 6.07) is 4.76. The summed E-state index contributed by atoms with van der Waals surface area (Å²) < 4.78 is 38.0. The average molecular weight is 493 g/mol. The van der Waals surface area contributed by atoms with Crippen LogP contribution in [-0.2, 0) is 10.3 Å². The molecule has 0 fully saturated rings. The molecule has 36 heavy (non-hydrogen) atoms. The summed E-state index contributed by atoms with van der Waals surface area (Å²) in [5.74, 6) is -2.21. The Bertz CT molecular complexity index is 1510. The van der Waals surface area contributed by atoms with Gasteiger partial charge in [0.05, 0.1) is 36.3 Å². The molecule has 0 atom stereocenters. The van der Waals surface area contributed by atoms with Crippen molar-refractivity contribution in [3.8, 4) is 11.3 Å². The summed E-state index contributed by atoms with van der Waals surface area (Å²) >= 11 is 0. The lowest BCUT2D eigenvalue weighted by molar-refractivity contribution is 0.102. The highest BCUT2D eigenvalue weighted by Crippen LogP contribution is 2.32. The number of amides is 1. The average Bonchev–Trinajstić information content (AvgIpc) is 3.47. The predicted molar refractivity (Wildman–Crippen MR) is 132 cm³/mol. The van der Waals surface area contributed by atoms with E-state index in [0.29, 0.717) is 35.7 Å². The number of halogens is 2. The summed E-state index contributed by atoms with van der Waals surface area (Å²) in [7, 11) is 0. The number of anilines is 1. The van der Waals surface area contributed by atoms with Crippen LogP contribution < -0.4 is 5.32 Å². The Morgan fingerprint density at radius 1 is 1.17 bits per heavy atom. The molecule has 4 aromatic rings. The van der Waals surface area contributed by atoms with Gasteiger partial charge in [-0.15, -0.1) is 0 Å². The highest BCUT2D eigenvalue weighted by atomic mass is 19.1. The third-order valence-corrected chi connectivity index (χ3v) is 6.10. The molecule has 4 heterocycles. The monoisotopic (exact) mass is 492 g/mol. The van der Waals surface area contributed by atoms with Gasteiger partial charge in [-0.05, 0) is 63.5 Å². The van der Waals surface area contributed by atoms with Gasteiger partial charge < -0.3 is 10.1 Å². The summed E-state index contributed by atoms with van der Waals surface area (Å²) in [4.78, 5) is 17.3. The molecule has 0 aliphatic carbocycles. The molecule has 186 valence electrons. The van der Waals surface area contributed by atoms with E-state index in [1.807, 2.05) is 12.1 Å². The second kappa shape index (κ2) is 8.94. The second-order valence-electron chi connectivity index (χ2n) is 9.73. The first-order valence-corrected chi connectivity index (χ1v) is 11.6. The molecule has 5 rings (SSSR count). The van der Waals surface area contributed by atoms with Crippen molar-refractivity contribution in [2.24, 2.45) is 0 Å². The lowest BCUT2D eigenvalue weighted by atomic mass is 9.98. The zero-order valence-corrected chi connectivity index (χ0v) is 20.5. The molecular weight excluding hydrogens is 466 g/mol. The molecule has 1 aromatic carbocycles. The molecule has 1 aliphatic rings. The minimum atomic E-state index is -0.789. The topological polar surface area (TPSA) is 86.3 Å². The number of ether oxygens (including phenoxy) is 1. The highest BCUT2D eigenvalue weighted by Gasteiger charge is 2.25. The van der Waals surface area contributed by atoms with Gasteiger partial charge in [0.25, 0.3) is 5.91 Å². The molecular formula is C26H26F2N6O2. The molecule has 1 amide bonds. The number of imidazole rings is 1. The Balaban J connectivity index is 1.54. The van der Waals surface area contributed by atoms with Crippen LogP contribution in [-0.4, -0.2) is 43.5 Å². The van der Waals surface area contributed by atoms with Gasteiger partial charge in [-0.25, -0.2) is 18.6 Å². The normalized spacial score (nSPS) is 14.2. The highest BCUT2D eigenvalue weighted by molar-refractivity contribution is 6.04. The number of benzene rings is 1. The lowest BCUT2D eigenvalue weighted by Crippen LogP contribution is -2.25. The van der Waals surface area contributed by atoms with Crippen LogP contribution in [0.25, 0.3) is 22.5 Å². The van der Waals surface area contributed by atoms with E-state index in [2.05, 4.69) is 20.5 Å². The van der Waals surface area contributed by atoms with E-state index >= 15 is 0 Å². The number of aryl methyl sites for hydroxylation is 1. The largest absolute Gasteiger partial charge is 0.377 e. The maximum Gasteiger partial charge on any atom is 0.262 e. The molecule has 10 heteroatoms. The van der Waals surface area contributed by atoms with Gasteiger partial charge >= 0.3 is 0 Å². The van der Waals surface area contributed by atoms with E-state index in [1.54, 1.807) is 44.6 Å². The predicted octanol–water partition coefficient (Wildman–Crippen LogP) is 4.99. The molecule has 0 saturated carbocycles. The van der Waals surface area contributed by atoms with E-state index < -0.39 is 23.2 Å². The standard InChI is InChI=1S/C26H26F2N6O2/c1-15-11-20(27)22(31-25(35)19-14-30-34(23(19)28)26(2,3)4)12-17(15)21-13-18(16-5-9-36-10-6-16)24-29-7-8-33(24)32-21/h5,7-8,11-14H,6,9-10H2,1-4H3,(H,31,35). The third-order valence-electron chi connectivity index (χ3n) is 6.10. The van der Waals surface area contributed by atoms with Crippen molar-refractivity contribution >= 4 is 22.8 Å². The molecule has 1 N–H and O–H groups in total. The molecule has 0 spiro atoms. The van der Waals surface area contributed by atoms with Crippen molar-refractivity contribution in [2.45, 2.75) is 39.7 Å². The van der Waals surface area contributed by atoms with Crippen molar-refractivity contribution in [3.63, 3.8) is 0 Å². The zero-order chi connectivity index (χ0) is 25.6. The maximum absolute atomic E-state index is 14.9. The molecule has 0 radical (unpaired) electrons. The number of fused-ring (bicyclic) bond motifs is 1. The van der Waals surface area contributed by atoms with Gasteiger partial charge in [0.2, 0.25) is 5.95 Å². The first kappa shape index (κ1) is 23.8. The van der Waals surface area contributed by atoms with Gasteiger partial charge in [0.1, 0.15) is 11.4 Å². The fraction of sp³-hybridized carbons (Fsp3) is 0.308. The van der Waals surface area contributed by atoms with E-state index in [-0.39, 0.29) is 11.3 Å². The molecule has 3 aromatic heterocycles. The lowest BCUT2D eigenvalue weighted by Gasteiger charge is -2.19. The van der Waals surface area contributed by atoms with E-state index in [4.69, 9.17) is 4.74 Å². The number of carbonyl (C=O) groups excluding carboxylic acids is 1. The van der Waals surface area contributed by atoms with Crippen LogP contribution in [0.15, 0.2) is 42.9 Å². The third kappa shape index (κ3) is 4.28. The van der Waals surface area contributed by atoms with E-state index in [1.165, 1.54) is 12.1 Å². The van der Waals surface area contributed by atoms with Gasteiger partial charge in [-0.3, -0.25) is 4.79 Å². The van der Waals surface area contributed by atoms with Crippen molar-refractivity contribution in [1.82, 2.24) is 24.4 Å². The zero-order valence-electron chi connectivity index (χ0n) is 20.5. The van der Waals surface area contributed by atoms with Crippen molar-refractivity contribution in [1.29, 1.82) is 0 Å². The van der Waals surface area contributed by atoms with Crippen LogP contribution in [0.1, 0.15) is 48.7 Å². The van der Waals surface area contributed by atoms with Crippen molar-refractivity contribution in [3.05, 3.63) is 71.3 Å². The van der Waals surface area contributed by atoms with Crippen LogP contribution in [0, 0.1) is 18.7 Å². The summed E-state index contributed by atoms with van der Waals surface area (Å²) in [5, 5.41) is 11.1. The number of nitrogens with zero attached hydrogens (tertiary/aromatic N) is 5. The van der Waals surface area contributed by atoms with Crippen LogP contribution in [0.4, 0.5) is 14.5 Å². The summed E-state index contributed by atoms with van der Waals surface area (Å²) in [6.07, 6.45) is 7.33. The number of carbonyl (C=O) groups is 1. The van der Waals surface area contributed by atoms with Crippen LogP contribution in [0.3, 0.4) is 0 Å². The Morgan fingerprint density at radius 3 is 2.67 bits per heavy atom. The van der Waals surface area contributed by atoms with Gasteiger partial charge in [0.15, 0.2) is 5.65 Å². The molecule has 0 unspecified atom stereocenters. The Kier molecular flexibility index (Phi) is 5.91. The maximum atomic E-state index is 14.9. The number of rotatable bonds is 4. The van der Waals surface area contributed by atoms with E-state index in [0.717, 1.165) is 28.4 Å². The first-order valence-electron chi connectivity index (χ1n) is 11.6.